The molecule has 1 aromatic carbocycles. The van der Waals surface area contributed by atoms with E-state index in [9.17, 15) is 29.1 Å². The lowest BCUT2D eigenvalue weighted by molar-refractivity contribution is -0.145. The Bertz CT molecular complexity index is 834. The summed E-state index contributed by atoms with van der Waals surface area (Å²) in [5, 5.41) is 11.5. The molecule has 0 bridgehead atoms. The summed E-state index contributed by atoms with van der Waals surface area (Å²) >= 11 is 0. The topological polar surface area (TPSA) is 143 Å². The summed E-state index contributed by atoms with van der Waals surface area (Å²) in [6.07, 6.45) is -1.99. The van der Waals surface area contributed by atoms with Gasteiger partial charge in [-0.25, -0.2) is 29.0 Å². The van der Waals surface area contributed by atoms with Crippen LogP contribution in [0.15, 0.2) is 30.3 Å². The Morgan fingerprint density at radius 3 is 2.37 bits per heavy atom. The number of amides is 5. The number of hydrogen-bond acceptors (Lipinski definition) is 7. The van der Waals surface area contributed by atoms with Gasteiger partial charge in [0, 0.05) is 0 Å². The fourth-order valence-electron chi connectivity index (χ4n) is 2.56. The molecular weight excluding hydrogens is 398 g/mol. The fourth-order valence-corrected chi connectivity index (χ4v) is 2.56. The molecule has 0 aliphatic carbocycles. The molecule has 1 aromatic rings. The molecule has 0 unspecified atom stereocenters. The zero-order chi connectivity index (χ0) is 22.5. The molecule has 0 aromatic heterocycles. The highest BCUT2D eigenvalue weighted by atomic mass is 16.6. The molecule has 1 saturated heterocycles. The van der Waals surface area contributed by atoms with Gasteiger partial charge in [-0.15, -0.1) is 0 Å². The molecule has 30 heavy (non-hydrogen) atoms. The molecule has 2 N–H and O–H groups in total. The average Bonchev–Trinajstić information content (AvgIpc) is 3.01. The number of alkyl carbamates (subject to hydrolysis) is 1. The quantitative estimate of drug-likeness (QED) is 0.729. The molecule has 1 fully saturated rings. The maximum absolute atomic E-state index is 12.5. The van der Waals surface area contributed by atoms with Crippen LogP contribution in [0.25, 0.3) is 0 Å². The number of carbonyl (C=O) groups excluding carboxylic acids is 4. The van der Waals surface area contributed by atoms with Crippen LogP contribution < -0.4 is 5.32 Å². The molecule has 1 aliphatic heterocycles. The van der Waals surface area contributed by atoms with Gasteiger partial charge in [-0.05, 0) is 26.3 Å². The minimum atomic E-state index is -1.60. The molecule has 0 saturated carbocycles. The first kappa shape index (κ1) is 22.7. The van der Waals surface area contributed by atoms with E-state index < -0.39 is 54.8 Å². The van der Waals surface area contributed by atoms with Gasteiger partial charge in [0.25, 0.3) is 5.91 Å². The Kier molecular flexibility index (Phi) is 6.98. The summed E-state index contributed by atoms with van der Waals surface area (Å²) in [5.74, 6) is -2.48. The fraction of sp³-hybridized carbons (Fsp3) is 0.421. The summed E-state index contributed by atoms with van der Waals surface area (Å²) in [6.45, 7) is 3.49. The van der Waals surface area contributed by atoms with Crippen molar-refractivity contribution in [2.45, 2.75) is 39.0 Å². The molecule has 5 amide bonds. The smallest absolute Gasteiger partial charge is 0.418 e. The standard InChI is InChI=1S/C19H23N3O8/c1-19(2,3)30-16(26)20-9-14(23)22-13(15(24)25)10-21(17(22)27)18(28)29-11-12-7-5-4-6-8-12/h4-8,13H,9-11H2,1-3H3,(H,20,26)(H,24,25)/t13-/m0/s1. The van der Waals surface area contributed by atoms with Gasteiger partial charge in [-0.2, -0.15) is 0 Å². The van der Waals surface area contributed by atoms with Crippen molar-refractivity contribution in [3.8, 4) is 0 Å². The number of imide groups is 2. The van der Waals surface area contributed by atoms with Gasteiger partial charge in [0.05, 0.1) is 6.54 Å². The largest absolute Gasteiger partial charge is 0.480 e. The van der Waals surface area contributed by atoms with Crippen LogP contribution in [-0.2, 0) is 25.7 Å². The van der Waals surface area contributed by atoms with E-state index in [1.165, 1.54) is 0 Å². The number of aliphatic carboxylic acids is 1. The number of urea groups is 1. The van der Waals surface area contributed by atoms with Gasteiger partial charge in [-0.3, -0.25) is 4.79 Å². The van der Waals surface area contributed by atoms with Crippen molar-refractivity contribution in [2.75, 3.05) is 13.1 Å². The van der Waals surface area contributed by atoms with E-state index in [2.05, 4.69) is 5.32 Å². The van der Waals surface area contributed by atoms with E-state index in [-0.39, 0.29) is 6.61 Å². The second kappa shape index (κ2) is 9.25. The van der Waals surface area contributed by atoms with Crippen molar-refractivity contribution in [3.63, 3.8) is 0 Å². The highest BCUT2D eigenvalue weighted by Gasteiger charge is 2.48. The molecule has 11 heteroatoms. The summed E-state index contributed by atoms with van der Waals surface area (Å²) in [7, 11) is 0. The third-order valence-electron chi connectivity index (χ3n) is 3.87. The van der Waals surface area contributed by atoms with Gasteiger partial charge in [-0.1, -0.05) is 30.3 Å². The van der Waals surface area contributed by atoms with Crippen LogP contribution in [0.2, 0.25) is 0 Å². The van der Waals surface area contributed by atoms with Crippen molar-refractivity contribution in [2.24, 2.45) is 0 Å². The Labute approximate surface area is 172 Å². The van der Waals surface area contributed by atoms with E-state index in [4.69, 9.17) is 9.47 Å². The number of ether oxygens (including phenoxy) is 2. The molecule has 11 nitrogen and oxygen atoms in total. The second-order valence-electron chi connectivity index (χ2n) is 7.41. The maximum atomic E-state index is 12.5. The average molecular weight is 421 g/mol. The van der Waals surface area contributed by atoms with E-state index >= 15 is 0 Å². The van der Waals surface area contributed by atoms with Crippen molar-refractivity contribution in [1.82, 2.24) is 15.1 Å². The predicted molar refractivity (Wildman–Crippen MR) is 101 cm³/mol. The zero-order valence-corrected chi connectivity index (χ0v) is 16.8. The van der Waals surface area contributed by atoms with Gasteiger partial charge < -0.3 is 19.9 Å². The van der Waals surface area contributed by atoms with E-state index in [1.54, 1.807) is 51.1 Å². The van der Waals surface area contributed by atoms with Crippen LogP contribution in [0.4, 0.5) is 14.4 Å². The lowest BCUT2D eigenvalue weighted by Crippen LogP contribution is -2.48. The van der Waals surface area contributed by atoms with Gasteiger partial charge in [0.15, 0.2) is 6.04 Å². The molecule has 1 aliphatic rings. The van der Waals surface area contributed by atoms with E-state index in [1.807, 2.05) is 0 Å². The minimum absolute atomic E-state index is 0.130. The highest BCUT2D eigenvalue weighted by Crippen LogP contribution is 2.18. The summed E-state index contributed by atoms with van der Waals surface area (Å²) in [5.41, 5.74) is -0.138. The van der Waals surface area contributed by atoms with E-state index in [0.717, 1.165) is 0 Å². The van der Waals surface area contributed by atoms with Crippen LogP contribution in [0.3, 0.4) is 0 Å². The minimum Gasteiger partial charge on any atom is -0.480 e. The maximum Gasteiger partial charge on any atom is 0.418 e. The van der Waals surface area contributed by atoms with Crippen molar-refractivity contribution < 1.29 is 38.6 Å². The number of carbonyl (C=O) groups is 5. The highest BCUT2D eigenvalue weighted by molar-refractivity contribution is 6.06. The van der Waals surface area contributed by atoms with Crippen LogP contribution in [0.5, 0.6) is 0 Å². The van der Waals surface area contributed by atoms with Crippen LogP contribution >= 0.6 is 0 Å². The van der Waals surface area contributed by atoms with E-state index in [0.29, 0.717) is 15.4 Å². The number of carboxylic acids is 1. The number of nitrogens with zero attached hydrogens (tertiary/aromatic N) is 2. The number of benzene rings is 1. The van der Waals surface area contributed by atoms with Crippen LogP contribution in [0, 0.1) is 0 Å². The second-order valence-corrected chi connectivity index (χ2v) is 7.41. The van der Waals surface area contributed by atoms with Crippen LogP contribution in [-0.4, -0.2) is 69.7 Å². The Hall–Kier alpha value is -3.63. The number of rotatable bonds is 5. The van der Waals surface area contributed by atoms with Crippen molar-refractivity contribution in [3.05, 3.63) is 35.9 Å². The molecule has 162 valence electrons. The van der Waals surface area contributed by atoms with Gasteiger partial charge in [0.1, 0.15) is 18.8 Å². The first-order valence-electron chi connectivity index (χ1n) is 9.03. The van der Waals surface area contributed by atoms with Gasteiger partial charge >= 0.3 is 24.2 Å². The summed E-state index contributed by atoms with van der Waals surface area (Å²) in [4.78, 5) is 61.3. The molecule has 1 heterocycles. The third kappa shape index (κ3) is 5.93. The monoisotopic (exact) mass is 421 g/mol. The van der Waals surface area contributed by atoms with Gasteiger partial charge in [0.2, 0.25) is 0 Å². The first-order valence-corrected chi connectivity index (χ1v) is 9.03. The molecule has 1 atom stereocenters. The first-order chi connectivity index (χ1) is 14.0. The Morgan fingerprint density at radius 2 is 1.80 bits per heavy atom. The van der Waals surface area contributed by atoms with Crippen molar-refractivity contribution in [1.29, 1.82) is 0 Å². The Balaban J connectivity index is 2.01. The predicted octanol–water partition coefficient (Wildman–Crippen LogP) is 1.57. The Morgan fingerprint density at radius 1 is 1.17 bits per heavy atom. The third-order valence-corrected chi connectivity index (χ3v) is 3.87. The zero-order valence-electron chi connectivity index (χ0n) is 16.8. The molecule has 2 rings (SSSR count). The molecule has 0 radical (unpaired) electrons. The SMILES string of the molecule is CC(C)(C)OC(=O)NCC(=O)N1C(=O)N(C(=O)OCc2ccccc2)C[C@H]1C(=O)O. The number of carboxylic acid groups (broad SMARTS) is 1. The summed E-state index contributed by atoms with van der Waals surface area (Å²) in [6, 6.07) is 5.92. The van der Waals surface area contributed by atoms with Crippen LogP contribution in [0.1, 0.15) is 26.3 Å². The molecule has 0 spiro atoms. The van der Waals surface area contributed by atoms with Crippen molar-refractivity contribution >= 4 is 30.1 Å². The lowest BCUT2D eigenvalue weighted by atomic mass is 10.2. The number of nitrogens with one attached hydrogen (secondary N) is 1. The molecular formula is C19H23N3O8. The number of hydrogen-bond donors (Lipinski definition) is 2. The normalized spacial score (nSPS) is 16.2. The lowest BCUT2D eigenvalue weighted by Gasteiger charge is -2.21. The summed E-state index contributed by atoms with van der Waals surface area (Å²) < 4.78 is 10.0.